The number of hydrogen-bond donors (Lipinski definition) is 0. The molecule has 0 bridgehead atoms. The normalized spacial score (nSPS) is 24.5. The van der Waals surface area contributed by atoms with Crippen LogP contribution in [0.1, 0.15) is 44.6 Å². The highest BCUT2D eigenvalue weighted by Gasteiger charge is 2.51. The molecule has 1 saturated carbocycles. The summed E-state index contributed by atoms with van der Waals surface area (Å²) in [4.78, 5) is 12.1. The van der Waals surface area contributed by atoms with E-state index in [1.165, 1.54) is 0 Å². The van der Waals surface area contributed by atoms with Gasteiger partial charge in [-0.25, -0.2) is 4.79 Å². The van der Waals surface area contributed by atoms with Gasteiger partial charge in [0.15, 0.2) is 0 Å². The SMILES string of the molecule is CC(C)CO[C@H]1C[C@@H](OC(=O)c2cccn2C)C1(C)C. The van der Waals surface area contributed by atoms with E-state index in [0.29, 0.717) is 11.6 Å². The Bertz CT molecular complexity index is 476. The quantitative estimate of drug-likeness (QED) is 0.778. The van der Waals surface area contributed by atoms with Crippen molar-refractivity contribution < 1.29 is 14.3 Å². The van der Waals surface area contributed by atoms with E-state index in [-0.39, 0.29) is 23.6 Å². The van der Waals surface area contributed by atoms with Gasteiger partial charge in [-0.05, 0) is 18.1 Å². The van der Waals surface area contributed by atoms with Crippen molar-refractivity contribution >= 4 is 5.97 Å². The minimum Gasteiger partial charge on any atom is -0.457 e. The van der Waals surface area contributed by atoms with Gasteiger partial charge in [-0.3, -0.25) is 0 Å². The van der Waals surface area contributed by atoms with Gasteiger partial charge in [0.1, 0.15) is 11.8 Å². The maximum absolute atomic E-state index is 12.1. The van der Waals surface area contributed by atoms with Gasteiger partial charge in [-0.1, -0.05) is 27.7 Å². The first-order valence-corrected chi connectivity index (χ1v) is 7.26. The fraction of sp³-hybridized carbons (Fsp3) is 0.688. The number of nitrogens with zero attached hydrogens (tertiary/aromatic N) is 1. The third-order valence-electron chi connectivity index (χ3n) is 4.12. The van der Waals surface area contributed by atoms with Crippen LogP contribution < -0.4 is 0 Å². The highest BCUT2D eigenvalue weighted by Crippen LogP contribution is 2.45. The van der Waals surface area contributed by atoms with E-state index in [2.05, 4.69) is 27.7 Å². The summed E-state index contributed by atoms with van der Waals surface area (Å²) in [6, 6.07) is 3.62. The van der Waals surface area contributed by atoms with Crippen LogP contribution in [0.25, 0.3) is 0 Å². The lowest BCUT2D eigenvalue weighted by Crippen LogP contribution is -2.56. The number of rotatable bonds is 5. The lowest BCUT2D eigenvalue weighted by Gasteiger charge is -2.50. The van der Waals surface area contributed by atoms with Crippen LogP contribution in [0.2, 0.25) is 0 Å². The summed E-state index contributed by atoms with van der Waals surface area (Å²) < 4.78 is 13.3. The third-order valence-corrected chi connectivity index (χ3v) is 4.12. The van der Waals surface area contributed by atoms with E-state index in [9.17, 15) is 4.79 Å². The highest BCUT2D eigenvalue weighted by molar-refractivity contribution is 5.87. The molecule has 0 aliphatic heterocycles. The van der Waals surface area contributed by atoms with E-state index in [0.717, 1.165) is 13.0 Å². The molecule has 20 heavy (non-hydrogen) atoms. The molecule has 1 heterocycles. The third kappa shape index (κ3) is 2.90. The summed E-state index contributed by atoms with van der Waals surface area (Å²) in [5.41, 5.74) is 0.475. The molecule has 0 N–H and O–H groups in total. The number of hydrogen-bond acceptors (Lipinski definition) is 3. The van der Waals surface area contributed by atoms with Gasteiger partial charge in [0.2, 0.25) is 0 Å². The van der Waals surface area contributed by atoms with Gasteiger partial charge >= 0.3 is 5.97 Å². The highest BCUT2D eigenvalue weighted by atomic mass is 16.6. The molecular formula is C16H25NO3. The average Bonchev–Trinajstić information content (AvgIpc) is 2.78. The lowest BCUT2D eigenvalue weighted by molar-refractivity contribution is -0.180. The van der Waals surface area contributed by atoms with E-state index in [4.69, 9.17) is 9.47 Å². The van der Waals surface area contributed by atoms with Crippen molar-refractivity contribution in [3.8, 4) is 0 Å². The molecule has 2 atom stereocenters. The van der Waals surface area contributed by atoms with Crippen molar-refractivity contribution in [2.75, 3.05) is 6.61 Å². The van der Waals surface area contributed by atoms with Gasteiger partial charge in [-0.15, -0.1) is 0 Å². The summed E-state index contributed by atoms with van der Waals surface area (Å²) in [5, 5.41) is 0. The molecule has 2 rings (SSSR count). The van der Waals surface area contributed by atoms with Crippen LogP contribution in [-0.2, 0) is 16.5 Å². The lowest BCUT2D eigenvalue weighted by atomic mass is 9.66. The fourth-order valence-electron chi connectivity index (χ4n) is 2.50. The van der Waals surface area contributed by atoms with Crippen molar-refractivity contribution in [2.24, 2.45) is 18.4 Å². The molecule has 1 aromatic heterocycles. The van der Waals surface area contributed by atoms with Gasteiger partial charge in [0.25, 0.3) is 0 Å². The van der Waals surface area contributed by atoms with Crippen LogP contribution in [0, 0.1) is 11.3 Å². The summed E-state index contributed by atoms with van der Waals surface area (Å²) in [5.74, 6) is 0.272. The van der Waals surface area contributed by atoms with Crippen molar-refractivity contribution in [2.45, 2.75) is 46.3 Å². The molecule has 1 aliphatic rings. The Kier molecular flexibility index (Phi) is 4.23. The first kappa shape index (κ1) is 15.1. The van der Waals surface area contributed by atoms with Crippen LogP contribution in [0.3, 0.4) is 0 Å². The number of carbonyl (C=O) groups is 1. The first-order chi connectivity index (χ1) is 9.32. The predicted molar refractivity (Wildman–Crippen MR) is 77.6 cm³/mol. The standard InChI is InChI=1S/C16H25NO3/c1-11(2)10-19-13-9-14(16(13,3)4)20-15(18)12-7-6-8-17(12)5/h6-8,11,13-14H,9-10H2,1-5H3/t13-,14+/m0/s1. The molecule has 0 spiro atoms. The molecule has 1 aliphatic carbocycles. The van der Waals surface area contributed by atoms with Crippen molar-refractivity contribution in [1.29, 1.82) is 0 Å². The maximum atomic E-state index is 12.1. The molecule has 0 radical (unpaired) electrons. The molecule has 0 aromatic carbocycles. The van der Waals surface area contributed by atoms with E-state index in [1.807, 2.05) is 19.3 Å². The molecule has 0 unspecified atom stereocenters. The van der Waals surface area contributed by atoms with Crippen molar-refractivity contribution in [3.05, 3.63) is 24.0 Å². The molecule has 0 saturated heterocycles. The van der Waals surface area contributed by atoms with Gasteiger partial charge in [-0.2, -0.15) is 0 Å². The molecule has 0 amide bonds. The van der Waals surface area contributed by atoms with Crippen LogP contribution in [0.5, 0.6) is 0 Å². The van der Waals surface area contributed by atoms with Gasteiger partial charge in [0, 0.05) is 31.7 Å². The number of carbonyl (C=O) groups excluding carboxylic acids is 1. The fourth-order valence-corrected chi connectivity index (χ4v) is 2.50. The summed E-state index contributed by atoms with van der Waals surface area (Å²) in [6.07, 6.45) is 2.74. The molecular weight excluding hydrogens is 254 g/mol. The van der Waals surface area contributed by atoms with E-state index in [1.54, 1.807) is 10.6 Å². The Morgan fingerprint density at radius 1 is 1.45 bits per heavy atom. The second kappa shape index (κ2) is 5.60. The van der Waals surface area contributed by atoms with E-state index < -0.39 is 0 Å². The summed E-state index contributed by atoms with van der Waals surface area (Å²) in [6.45, 7) is 9.23. The molecule has 1 fully saturated rings. The number of ether oxygens (including phenoxy) is 2. The van der Waals surface area contributed by atoms with Gasteiger partial charge < -0.3 is 14.0 Å². The monoisotopic (exact) mass is 279 g/mol. The second-order valence-corrected chi connectivity index (χ2v) is 6.67. The maximum Gasteiger partial charge on any atom is 0.355 e. The Morgan fingerprint density at radius 2 is 2.15 bits per heavy atom. The Balaban J connectivity index is 1.90. The second-order valence-electron chi connectivity index (χ2n) is 6.67. The van der Waals surface area contributed by atoms with Gasteiger partial charge in [0.05, 0.1) is 6.10 Å². The number of aryl methyl sites for hydroxylation is 1. The van der Waals surface area contributed by atoms with E-state index >= 15 is 0 Å². The zero-order chi connectivity index (χ0) is 14.9. The average molecular weight is 279 g/mol. The van der Waals surface area contributed by atoms with Crippen LogP contribution in [-0.4, -0.2) is 29.4 Å². The Labute approximate surface area is 121 Å². The number of esters is 1. The molecule has 112 valence electrons. The first-order valence-electron chi connectivity index (χ1n) is 7.26. The smallest absolute Gasteiger partial charge is 0.355 e. The molecule has 4 heteroatoms. The minimum atomic E-state index is -0.252. The minimum absolute atomic E-state index is 0.0675. The van der Waals surface area contributed by atoms with Crippen LogP contribution >= 0.6 is 0 Å². The number of aromatic nitrogens is 1. The van der Waals surface area contributed by atoms with Crippen LogP contribution in [0.4, 0.5) is 0 Å². The molecule has 1 aromatic rings. The zero-order valence-corrected chi connectivity index (χ0v) is 13.1. The summed E-state index contributed by atoms with van der Waals surface area (Å²) in [7, 11) is 1.84. The Morgan fingerprint density at radius 3 is 2.65 bits per heavy atom. The summed E-state index contributed by atoms with van der Waals surface area (Å²) >= 11 is 0. The Hall–Kier alpha value is -1.29. The topological polar surface area (TPSA) is 40.5 Å². The predicted octanol–water partition coefficient (Wildman–Crippen LogP) is 3.02. The van der Waals surface area contributed by atoms with Crippen molar-refractivity contribution in [3.63, 3.8) is 0 Å². The zero-order valence-electron chi connectivity index (χ0n) is 13.1. The molecule has 4 nitrogen and oxygen atoms in total. The van der Waals surface area contributed by atoms with Crippen molar-refractivity contribution in [1.82, 2.24) is 4.57 Å². The largest absolute Gasteiger partial charge is 0.457 e. The van der Waals surface area contributed by atoms with Crippen LogP contribution in [0.15, 0.2) is 18.3 Å².